The van der Waals surface area contributed by atoms with Crippen molar-refractivity contribution >= 4 is 24.1 Å². The van der Waals surface area contributed by atoms with Crippen molar-refractivity contribution < 1.29 is 43.2 Å². The Morgan fingerprint density at radius 2 is 1.61 bits per heavy atom. The molecule has 0 saturated heterocycles. The van der Waals surface area contributed by atoms with Crippen molar-refractivity contribution in [2.24, 2.45) is 11.7 Å². The summed E-state index contributed by atoms with van der Waals surface area (Å²) in [6, 6.07) is 2.93. The molecule has 0 aliphatic carbocycles. The fourth-order valence-corrected chi connectivity index (χ4v) is 3.29. The van der Waals surface area contributed by atoms with Crippen molar-refractivity contribution in [1.82, 2.24) is 0 Å². The summed E-state index contributed by atoms with van der Waals surface area (Å²) in [4.78, 5) is 46.6. The van der Waals surface area contributed by atoms with Gasteiger partial charge in [0.05, 0.1) is 6.61 Å². The van der Waals surface area contributed by atoms with Gasteiger partial charge in [-0.15, -0.1) is 0 Å². The number of rotatable bonds is 12. The molecule has 10 nitrogen and oxygen atoms in total. The van der Waals surface area contributed by atoms with Crippen LogP contribution in [-0.2, 0) is 23.9 Å². The van der Waals surface area contributed by atoms with Crippen molar-refractivity contribution in [1.29, 1.82) is 0 Å². The van der Waals surface area contributed by atoms with E-state index < -0.39 is 48.0 Å². The van der Waals surface area contributed by atoms with Crippen molar-refractivity contribution in [3.05, 3.63) is 23.8 Å². The average molecular weight is 468 g/mol. The molecular formula is C23H33NO9. The van der Waals surface area contributed by atoms with E-state index in [9.17, 15) is 24.3 Å². The van der Waals surface area contributed by atoms with Crippen LogP contribution in [0.15, 0.2) is 18.2 Å². The molecule has 1 aromatic rings. The maximum absolute atomic E-state index is 12.0. The third-order valence-corrected chi connectivity index (χ3v) is 5.09. The molecule has 0 aromatic heterocycles. The van der Waals surface area contributed by atoms with Gasteiger partial charge >= 0.3 is 24.1 Å². The minimum Gasteiger partial charge on any atom is -0.480 e. The van der Waals surface area contributed by atoms with Crippen molar-refractivity contribution in [3.8, 4) is 11.5 Å². The molecule has 0 radical (unpaired) electrons. The smallest absolute Gasteiger partial charge is 0.480 e. The van der Waals surface area contributed by atoms with Crippen LogP contribution in [0.3, 0.4) is 0 Å². The molecule has 3 N–H and O–H groups in total. The molecule has 0 aliphatic heterocycles. The first-order chi connectivity index (χ1) is 15.5. The second-order valence-corrected chi connectivity index (χ2v) is 7.77. The molecule has 184 valence electrons. The zero-order valence-electron chi connectivity index (χ0n) is 19.7. The van der Waals surface area contributed by atoms with Crippen LogP contribution < -0.4 is 15.2 Å². The number of hydrogen-bond donors (Lipinski definition) is 2. The van der Waals surface area contributed by atoms with E-state index in [2.05, 4.69) is 0 Å². The predicted octanol–water partition coefficient (Wildman–Crippen LogP) is 3.40. The molecule has 1 aromatic carbocycles. The van der Waals surface area contributed by atoms with Gasteiger partial charge in [-0.05, 0) is 31.0 Å². The molecule has 3 unspecified atom stereocenters. The van der Waals surface area contributed by atoms with Crippen LogP contribution in [-0.4, -0.2) is 47.9 Å². The molecule has 1 rings (SSSR count). The zero-order valence-corrected chi connectivity index (χ0v) is 19.7. The SMILES string of the molecule is CCCCCOC(=O)OC(C)C(C)C(c1ccc(OC(C)=O)c(OC(C)=O)c1)[C@H](N)C(=O)O. The molecule has 33 heavy (non-hydrogen) atoms. The maximum atomic E-state index is 12.0. The van der Waals surface area contributed by atoms with Crippen LogP contribution in [0, 0.1) is 5.92 Å². The minimum absolute atomic E-state index is 0.00305. The number of benzene rings is 1. The summed E-state index contributed by atoms with van der Waals surface area (Å²) >= 11 is 0. The summed E-state index contributed by atoms with van der Waals surface area (Å²) in [5.41, 5.74) is 6.38. The molecule has 0 saturated carbocycles. The Hall–Kier alpha value is -3.14. The molecule has 0 fully saturated rings. The fourth-order valence-electron chi connectivity index (χ4n) is 3.29. The summed E-state index contributed by atoms with van der Waals surface area (Å²) in [5.74, 6) is -4.02. The van der Waals surface area contributed by atoms with Crippen LogP contribution in [0.5, 0.6) is 11.5 Å². The Morgan fingerprint density at radius 1 is 1.00 bits per heavy atom. The van der Waals surface area contributed by atoms with Gasteiger partial charge in [0.15, 0.2) is 11.5 Å². The van der Waals surface area contributed by atoms with Crippen LogP contribution in [0.4, 0.5) is 4.79 Å². The fraction of sp³-hybridized carbons (Fsp3) is 0.565. The highest BCUT2D eigenvalue weighted by Gasteiger charge is 2.36. The number of ether oxygens (including phenoxy) is 4. The molecule has 0 bridgehead atoms. The summed E-state index contributed by atoms with van der Waals surface area (Å²) in [5, 5.41) is 9.57. The van der Waals surface area contributed by atoms with Gasteiger partial charge in [-0.3, -0.25) is 14.4 Å². The third kappa shape index (κ3) is 9.09. The lowest BCUT2D eigenvalue weighted by molar-refractivity contribution is -0.139. The van der Waals surface area contributed by atoms with Gasteiger partial charge in [0.25, 0.3) is 0 Å². The summed E-state index contributed by atoms with van der Waals surface area (Å²) < 4.78 is 20.6. The number of esters is 2. The first kappa shape index (κ1) is 27.9. The second-order valence-electron chi connectivity index (χ2n) is 7.77. The highest BCUT2D eigenvalue weighted by Crippen LogP contribution is 2.37. The number of carbonyl (C=O) groups excluding carboxylic acids is 3. The Bertz CT molecular complexity index is 839. The number of carbonyl (C=O) groups is 4. The van der Waals surface area contributed by atoms with E-state index in [0.29, 0.717) is 5.56 Å². The predicted molar refractivity (Wildman–Crippen MR) is 118 cm³/mol. The molecule has 10 heteroatoms. The third-order valence-electron chi connectivity index (χ3n) is 5.09. The van der Waals surface area contributed by atoms with E-state index in [-0.39, 0.29) is 18.1 Å². The van der Waals surface area contributed by atoms with E-state index in [1.165, 1.54) is 32.0 Å². The molecule has 4 atom stereocenters. The Labute approximate surface area is 193 Å². The van der Waals surface area contributed by atoms with Crippen LogP contribution >= 0.6 is 0 Å². The van der Waals surface area contributed by atoms with E-state index in [1.54, 1.807) is 13.8 Å². The van der Waals surface area contributed by atoms with Crippen LogP contribution in [0.25, 0.3) is 0 Å². The number of carboxylic acid groups (broad SMARTS) is 1. The van der Waals surface area contributed by atoms with Gasteiger partial charge in [0.1, 0.15) is 12.1 Å². The van der Waals surface area contributed by atoms with Gasteiger partial charge < -0.3 is 29.8 Å². The first-order valence-corrected chi connectivity index (χ1v) is 10.8. The van der Waals surface area contributed by atoms with Crippen LogP contribution in [0.1, 0.15) is 65.4 Å². The Balaban J connectivity index is 3.18. The van der Waals surface area contributed by atoms with Crippen LogP contribution in [0.2, 0.25) is 0 Å². The van der Waals surface area contributed by atoms with E-state index in [4.69, 9.17) is 24.7 Å². The highest BCUT2D eigenvalue weighted by atomic mass is 16.7. The lowest BCUT2D eigenvalue weighted by atomic mass is 9.79. The molecule has 0 heterocycles. The lowest BCUT2D eigenvalue weighted by Crippen LogP contribution is -2.42. The number of nitrogens with two attached hydrogens (primary N) is 1. The van der Waals surface area contributed by atoms with Gasteiger partial charge in [0, 0.05) is 25.7 Å². The van der Waals surface area contributed by atoms with Crippen molar-refractivity contribution in [3.63, 3.8) is 0 Å². The molecule has 0 aliphatic rings. The topological polar surface area (TPSA) is 151 Å². The number of unbranched alkanes of at least 4 members (excludes halogenated alkanes) is 2. The van der Waals surface area contributed by atoms with E-state index in [1.807, 2.05) is 6.92 Å². The maximum Gasteiger partial charge on any atom is 0.508 e. The van der Waals surface area contributed by atoms with E-state index in [0.717, 1.165) is 19.3 Å². The summed E-state index contributed by atoms with van der Waals surface area (Å²) in [6.45, 7) is 7.93. The largest absolute Gasteiger partial charge is 0.508 e. The van der Waals surface area contributed by atoms with Gasteiger partial charge in [0.2, 0.25) is 0 Å². The highest BCUT2D eigenvalue weighted by molar-refractivity contribution is 5.76. The standard InChI is InChI=1S/C23H33NO9/c1-6-7-8-11-30-23(29)31-14(3)13(2)20(21(24)22(27)28)17-9-10-18(32-15(4)25)19(12-17)33-16(5)26/h9-10,12-14,20-21H,6-8,11,24H2,1-5H3,(H,27,28)/t13?,14?,20?,21-/m0/s1. The zero-order chi connectivity index (χ0) is 25.1. The quantitative estimate of drug-likeness (QED) is 0.266. The number of aliphatic carboxylic acids is 1. The molecular weight excluding hydrogens is 434 g/mol. The Kier molecular flexibility index (Phi) is 11.3. The first-order valence-electron chi connectivity index (χ1n) is 10.8. The van der Waals surface area contributed by atoms with Crippen molar-refractivity contribution in [2.75, 3.05) is 6.61 Å². The number of hydrogen-bond acceptors (Lipinski definition) is 9. The molecule has 0 amide bonds. The minimum atomic E-state index is -1.36. The Morgan fingerprint density at radius 3 is 2.15 bits per heavy atom. The van der Waals surface area contributed by atoms with Crippen molar-refractivity contribution in [2.45, 2.75) is 71.9 Å². The second kappa shape index (κ2) is 13.4. The molecule has 0 spiro atoms. The summed E-state index contributed by atoms with van der Waals surface area (Å²) in [6.07, 6.45) is 1.02. The monoisotopic (exact) mass is 467 g/mol. The van der Waals surface area contributed by atoms with Gasteiger partial charge in [-0.1, -0.05) is 32.8 Å². The average Bonchev–Trinajstić information content (AvgIpc) is 2.72. The summed E-state index contributed by atoms with van der Waals surface area (Å²) in [7, 11) is 0. The number of carboxylic acids is 1. The van der Waals surface area contributed by atoms with Gasteiger partial charge in [-0.25, -0.2) is 4.79 Å². The van der Waals surface area contributed by atoms with Gasteiger partial charge in [-0.2, -0.15) is 0 Å². The normalized spacial score (nSPS) is 14.4. The lowest BCUT2D eigenvalue weighted by Gasteiger charge is -2.31. The van der Waals surface area contributed by atoms with E-state index >= 15 is 0 Å².